The lowest BCUT2D eigenvalue weighted by Gasteiger charge is -2.24. The van der Waals surface area contributed by atoms with Crippen LogP contribution in [0.25, 0.3) is 0 Å². The van der Waals surface area contributed by atoms with Gasteiger partial charge in [0.1, 0.15) is 0 Å². The maximum atomic E-state index is 12.1. The first kappa shape index (κ1) is 16.4. The minimum absolute atomic E-state index is 0.0529. The maximum absolute atomic E-state index is 12.1. The van der Waals surface area contributed by atoms with Gasteiger partial charge in [-0.05, 0) is 27.2 Å². The Morgan fingerprint density at radius 1 is 1.26 bits per heavy atom. The summed E-state index contributed by atoms with van der Waals surface area (Å²) in [5.41, 5.74) is 0. The van der Waals surface area contributed by atoms with Crippen LogP contribution in [0.15, 0.2) is 24.3 Å². The number of rotatable bonds is 7. The number of hydrogen-bond acceptors (Lipinski definition) is 4. The molecule has 0 fully saturated rings. The fourth-order valence-corrected chi connectivity index (χ4v) is 3.02. The summed E-state index contributed by atoms with van der Waals surface area (Å²) in [4.78, 5) is 0. The summed E-state index contributed by atoms with van der Waals surface area (Å²) in [6.45, 7) is 5.31. The van der Waals surface area contributed by atoms with Gasteiger partial charge in [-0.1, -0.05) is 24.3 Å². The second kappa shape index (κ2) is 6.68. The molecule has 19 heavy (non-hydrogen) atoms. The predicted molar refractivity (Wildman–Crippen MR) is 76.8 cm³/mol. The molecule has 1 rings (SSSR count). The highest BCUT2D eigenvalue weighted by molar-refractivity contribution is 7.92. The largest absolute Gasteiger partial charge is 0.394 e. The Morgan fingerprint density at radius 2 is 1.84 bits per heavy atom. The molecule has 4 nitrogen and oxygen atoms in total. The summed E-state index contributed by atoms with van der Waals surface area (Å²) >= 11 is 0. The van der Waals surface area contributed by atoms with Crippen molar-refractivity contribution in [1.29, 1.82) is 0 Å². The first-order valence-corrected chi connectivity index (χ1v) is 8.23. The van der Waals surface area contributed by atoms with E-state index in [0.29, 0.717) is 6.42 Å². The lowest BCUT2D eigenvalue weighted by atomic mass is 10.0. The second-order valence-corrected chi connectivity index (χ2v) is 8.56. The van der Waals surface area contributed by atoms with E-state index in [2.05, 4.69) is 0 Å². The first-order chi connectivity index (χ1) is 8.78. The molecule has 5 heteroatoms. The van der Waals surface area contributed by atoms with Crippen molar-refractivity contribution in [2.45, 2.75) is 38.0 Å². The van der Waals surface area contributed by atoms with Crippen molar-refractivity contribution in [3.05, 3.63) is 24.3 Å². The van der Waals surface area contributed by atoms with Gasteiger partial charge in [0.05, 0.1) is 29.8 Å². The Kier molecular flexibility index (Phi) is 5.77. The summed E-state index contributed by atoms with van der Waals surface area (Å²) < 4.78 is 29.0. The molecule has 0 aromatic carbocycles. The number of ether oxygens (including phenoxy) is 1. The summed E-state index contributed by atoms with van der Waals surface area (Å²) in [5.74, 6) is 0.201. The Bertz CT molecular complexity index is 417. The van der Waals surface area contributed by atoms with Crippen molar-refractivity contribution in [2.75, 3.05) is 19.0 Å². The van der Waals surface area contributed by atoms with Gasteiger partial charge in [0.25, 0.3) is 0 Å². The van der Waals surface area contributed by atoms with Crippen molar-refractivity contribution in [2.24, 2.45) is 5.92 Å². The molecule has 0 saturated carbocycles. The molecule has 0 heterocycles. The van der Waals surface area contributed by atoms with E-state index in [1.807, 2.05) is 24.3 Å². The van der Waals surface area contributed by atoms with Crippen LogP contribution >= 0.6 is 0 Å². The van der Waals surface area contributed by atoms with Crippen molar-refractivity contribution in [1.82, 2.24) is 0 Å². The molecule has 0 aromatic heterocycles. The van der Waals surface area contributed by atoms with Crippen LogP contribution in [0, 0.1) is 5.92 Å². The first-order valence-electron chi connectivity index (χ1n) is 6.57. The molecule has 0 amide bonds. The average Bonchev–Trinajstić information content (AvgIpc) is 2.81. The minimum Gasteiger partial charge on any atom is -0.394 e. The quantitative estimate of drug-likeness (QED) is 0.774. The van der Waals surface area contributed by atoms with Crippen LogP contribution in [0.3, 0.4) is 0 Å². The molecular weight excluding hydrogens is 264 g/mol. The number of aliphatic hydroxyl groups excluding tert-OH is 1. The van der Waals surface area contributed by atoms with Crippen LogP contribution in [0.5, 0.6) is 0 Å². The molecule has 0 saturated heterocycles. The lowest BCUT2D eigenvalue weighted by molar-refractivity contribution is 0.0140. The normalized spacial score (nSPS) is 18.1. The van der Waals surface area contributed by atoms with E-state index >= 15 is 0 Å². The molecule has 110 valence electrons. The van der Waals surface area contributed by atoms with Crippen molar-refractivity contribution < 1.29 is 18.3 Å². The van der Waals surface area contributed by atoms with E-state index in [9.17, 15) is 8.42 Å². The summed E-state index contributed by atoms with van der Waals surface area (Å²) in [7, 11) is -3.14. The Morgan fingerprint density at radius 3 is 2.32 bits per heavy atom. The van der Waals surface area contributed by atoms with Gasteiger partial charge in [-0.3, -0.25) is 0 Å². The van der Waals surface area contributed by atoms with E-state index in [-0.39, 0.29) is 31.0 Å². The second-order valence-electron chi connectivity index (χ2n) is 5.70. The lowest BCUT2D eigenvalue weighted by Crippen LogP contribution is -2.33. The van der Waals surface area contributed by atoms with Crippen molar-refractivity contribution in [3.63, 3.8) is 0 Å². The average molecular weight is 288 g/mol. The molecule has 1 atom stereocenters. The van der Waals surface area contributed by atoms with Gasteiger partial charge in [0.2, 0.25) is 0 Å². The molecule has 1 aliphatic rings. The van der Waals surface area contributed by atoms with Gasteiger partial charge in [0.15, 0.2) is 9.84 Å². The van der Waals surface area contributed by atoms with Crippen LogP contribution in [0.1, 0.15) is 27.2 Å². The van der Waals surface area contributed by atoms with Crippen LogP contribution in [0.4, 0.5) is 0 Å². The molecule has 1 N–H and O–H groups in total. The van der Waals surface area contributed by atoms with Crippen LogP contribution in [-0.4, -0.2) is 43.3 Å². The Labute approximate surface area is 116 Å². The molecule has 0 aliphatic heterocycles. The highest BCUT2D eigenvalue weighted by atomic mass is 32.2. The molecular formula is C14H24O4S. The number of sulfone groups is 1. The van der Waals surface area contributed by atoms with Gasteiger partial charge in [-0.15, -0.1) is 0 Å². The van der Waals surface area contributed by atoms with E-state index in [1.165, 1.54) is 0 Å². The number of allylic oxidation sites excluding steroid dienone is 2. The molecule has 0 radical (unpaired) electrons. The Hall–Kier alpha value is -0.650. The van der Waals surface area contributed by atoms with Gasteiger partial charge in [-0.25, -0.2) is 8.42 Å². The molecule has 0 spiro atoms. The van der Waals surface area contributed by atoms with E-state index in [0.717, 1.165) is 0 Å². The maximum Gasteiger partial charge on any atom is 0.155 e. The fraction of sp³-hybridized carbons (Fsp3) is 0.714. The van der Waals surface area contributed by atoms with E-state index in [4.69, 9.17) is 9.84 Å². The standard InChI is InChI=1S/C14H24O4S/c1-14(2,3)19(16,17)11-8-13(18-10-9-15)12-6-4-5-7-12/h4-7,12-13,15H,8-11H2,1-3H3. The third-order valence-electron chi connectivity index (χ3n) is 3.23. The summed E-state index contributed by atoms with van der Waals surface area (Å²) in [6.07, 6.45) is 8.09. The number of hydrogen-bond donors (Lipinski definition) is 1. The SMILES string of the molecule is CC(C)(C)S(=O)(=O)CCC(OCCO)C1C=CC=C1. The topological polar surface area (TPSA) is 63.6 Å². The molecule has 0 aromatic rings. The summed E-state index contributed by atoms with van der Waals surface area (Å²) in [5, 5.41) is 8.84. The van der Waals surface area contributed by atoms with Crippen molar-refractivity contribution in [3.8, 4) is 0 Å². The van der Waals surface area contributed by atoms with Crippen LogP contribution in [0.2, 0.25) is 0 Å². The van der Waals surface area contributed by atoms with Gasteiger partial charge in [-0.2, -0.15) is 0 Å². The molecule has 1 unspecified atom stereocenters. The predicted octanol–water partition coefficient (Wildman–Crippen LogP) is 1.71. The van der Waals surface area contributed by atoms with Crippen molar-refractivity contribution >= 4 is 9.84 Å². The van der Waals surface area contributed by atoms with Gasteiger partial charge in [0, 0.05) is 5.92 Å². The van der Waals surface area contributed by atoms with E-state index < -0.39 is 14.6 Å². The molecule has 0 bridgehead atoms. The highest BCUT2D eigenvalue weighted by Crippen LogP contribution is 2.23. The zero-order valence-corrected chi connectivity index (χ0v) is 12.7. The monoisotopic (exact) mass is 288 g/mol. The Balaban J connectivity index is 2.63. The van der Waals surface area contributed by atoms with E-state index in [1.54, 1.807) is 20.8 Å². The zero-order chi connectivity index (χ0) is 14.5. The third kappa shape index (κ3) is 4.75. The smallest absolute Gasteiger partial charge is 0.155 e. The zero-order valence-electron chi connectivity index (χ0n) is 11.9. The van der Waals surface area contributed by atoms with Crippen LogP contribution < -0.4 is 0 Å². The summed E-state index contributed by atoms with van der Waals surface area (Å²) in [6, 6.07) is 0. The molecule has 1 aliphatic carbocycles. The van der Waals surface area contributed by atoms with Gasteiger partial charge < -0.3 is 9.84 Å². The minimum atomic E-state index is -3.14. The fourth-order valence-electron chi connectivity index (χ4n) is 1.87. The van der Waals surface area contributed by atoms with Crippen LogP contribution in [-0.2, 0) is 14.6 Å². The van der Waals surface area contributed by atoms with Gasteiger partial charge >= 0.3 is 0 Å². The number of aliphatic hydroxyl groups is 1. The highest BCUT2D eigenvalue weighted by Gasteiger charge is 2.30. The third-order valence-corrected chi connectivity index (χ3v) is 5.87.